The quantitative estimate of drug-likeness (QED) is 0.887. The molecule has 0 aliphatic carbocycles. The van der Waals surface area contributed by atoms with Crippen molar-refractivity contribution in [2.75, 3.05) is 7.05 Å². The summed E-state index contributed by atoms with van der Waals surface area (Å²) in [5.74, 6) is -0.211. The van der Waals surface area contributed by atoms with Crippen LogP contribution in [0.25, 0.3) is 0 Å². The molecule has 4 heteroatoms. The van der Waals surface area contributed by atoms with Crippen molar-refractivity contribution in [2.45, 2.75) is 32.0 Å². The van der Waals surface area contributed by atoms with Gasteiger partial charge in [-0.15, -0.1) is 0 Å². The van der Waals surface area contributed by atoms with Crippen LogP contribution in [0.2, 0.25) is 0 Å². The largest absolute Gasteiger partial charge is 0.326 e. The van der Waals surface area contributed by atoms with Crippen LogP contribution in [0.4, 0.5) is 4.39 Å². The molecular weight excluding hydrogens is 265 g/mol. The van der Waals surface area contributed by atoms with Crippen LogP contribution < -0.4 is 5.73 Å². The Morgan fingerprint density at radius 1 is 1.14 bits per heavy atom. The van der Waals surface area contributed by atoms with Crippen molar-refractivity contribution in [1.29, 1.82) is 0 Å². The third kappa shape index (κ3) is 4.09. The van der Waals surface area contributed by atoms with Crippen molar-refractivity contribution in [3.63, 3.8) is 0 Å². The molecule has 0 amide bonds. The molecule has 1 heterocycles. The summed E-state index contributed by atoms with van der Waals surface area (Å²) in [6.07, 6.45) is 4.47. The highest BCUT2D eigenvalue weighted by molar-refractivity contribution is 5.20. The van der Waals surface area contributed by atoms with E-state index in [2.05, 4.69) is 16.8 Å². The van der Waals surface area contributed by atoms with Gasteiger partial charge in [0, 0.05) is 25.0 Å². The highest BCUT2D eigenvalue weighted by Gasteiger charge is 2.23. The molecule has 0 fully saturated rings. The number of pyridine rings is 1. The van der Waals surface area contributed by atoms with Gasteiger partial charge in [0.1, 0.15) is 5.82 Å². The molecule has 2 atom stereocenters. The summed E-state index contributed by atoms with van der Waals surface area (Å²) >= 11 is 0. The average Bonchev–Trinajstić information content (AvgIpc) is 2.50. The van der Waals surface area contributed by atoms with Gasteiger partial charge < -0.3 is 5.73 Å². The number of rotatable bonds is 6. The number of halogens is 1. The molecule has 2 rings (SSSR count). The van der Waals surface area contributed by atoms with E-state index in [0.29, 0.717) is 0 Å². The number of likely N-dealkylation sites (N-methyl/N-ethyl adjacent to an activating group) is 1. The van der Waals surface area contributed by atoms with Crippen LogP contribution >= 0.6 is 0 Å². The van der Waals surface area contributed by atoms with Crippen molar-refractivity contribution >= 4 is 0 Å². The van der Waals surface area contributed by atoms with E-state index in [1.165, 1.54) is 12.1 Å². The lowest BCUT2D eigenvalue weighted by atomic mass is 9.97. The summed E-state index contributed by atoms with van der Waals surface area (Å²) in [6, 6.07) is 10.8. The van der Waals surface area contributed by atoms with Crippen LogP contribution in [0.15, 0.2) is 48.8 Å². The summed E-state index contributed by atoms with van der Waals surface area (Å²) in [4.78, 5) is 6.27. The van der Waals surface area contributed by atoms with Gasteiger partial charge in [0.05, 0.1) is 6.04 Å². The van der Waals surface area contributed by atoms with E-state index in [9.17, 15) is 4.39 Å². The molecule has 0 aliphatic rings. The van der Waals surface area contributed by atoms with Crippen LogP contribution in [0.5, 0.6) is 0 Å². The molecule has 0 saturated heterocycles. The smallest absolute Gasteiger partial charge is 0.123 e. The van der Waals surface area contributed by atoms with Crippen molar-refractivity contribution < 1.29 is 4.39 Å². The number of nitrogens with zero attached hydrogens (tertiary/aromatic N) is 2. The summed E-state index contributed by atoms with van der Waals surface area (Å²) in [5.41, 5.74) is 8.53. The lowest BCUT2D eigenvalue weighted by molar-refractivity contribution is 0.201. The van der Waals surface area contributed by atoms with Gasteiger partial charge in [-0.1, -0.05) is 19.1 Å². The van der Waals surface area contributed by atoms with Gasteiger partial charge in [-0.3, -0.25) is 9.88 Å². The topological polar surface area (TPSA) is 42.1 Å². The summed E-state index contributed by atoms with van der Waals surface area (Å²) in [7, 11) is 2.05. The zero-order valence-corrected chi connectivity index (χ0v) is 12.5. The maximum atomic E-state index is 13.0. The second-order valence-corrected chi connectivity index (χ2v) is 5.34. The average molecular weight is 287 g/mol. The highest BCUT2D eigenvalue weighted by Crippen LogP contribution is 2.25. The molecule has 1 aromatic heterocycles. The summed E-state index contributed by atoms with van der Waals surface area (Å²) in [5, 5.41) is 0. The Labute approximate surface area is 125 Å². The fourth-order valence-corrected chi connectivity index (χ4v) is 2.59. The summed E-state index contributed by atoms with van der Waals surface area (Å²) < 4.78 is 13.0. The van der Waals surface area contributed by atoms with Gasteiger partial charge in [-0.05, 0) is 48.9 Å². The molecule has 21 heavy (non-hydrogen) atoms. The maximum absolute atomic E-state index is 13.0. The van der Waals surface area contributed by atoms with Crippen molar-refractivity contribution in [3.05, 3.63) is 65.7 Å². The van der Waals surface area contributed by atoms with E-state index in [1.54, 1.807) is 12.4 Å². The first-order valence-corrected chi connectivity index (χ1v) is 7.22. The second kappa shape index (κ2) is 7.29. The SMILES string of the molecule is CCC(N)C(c1ccncc1)N(C)Cc1ccc(F)cc1. The molecule has 2 N–H and O–H groups in total. The molecule has 0 bridgehead atoms. The molecule has 2 unspecified atom stereocenters. The first kappa shape index (κ1) is 15.6. The fourth-order valence-electron chi connectivity index (χ4n) is 2.59. The van der Waals surface area contributed by atoms with Crippen LogP contribution in [0, 0.1) is 5.82 Å². The predicted molar refractivity (Wildman–Crippen MR) is 83.1 cm³/mol. The lowest BCUT2D eigenvalue weighted by Crippen LogP contribution is -2.38. The molecule has 0 radical (unpaired) electrons. The Morgan fingerprint density at radius 3 is 2.33 bits per heavy atom. The monoisotopic (exact) mass is 287 g/mol. The van der Waals surface area contributed by atoms with Gasteiger partial charge in [0.15, 0.2) is 0 Å². The Kier molecular flexibility index (Phi) is 5.42. The molecule has 112 valence electrons. The fraction of sp³-hybridized carbons (Fsp3) is 0.353. The third-order valence-electron chi connectivity index (χ3n) is 3.74. The van der Waals surface area contributed by atoms with Crippen LogP contribution in [-0.4, -0.2) is 23.0 Å². The van der Waals surface area contributed by atoms with Gasteiger partial charge in [-0.2, -0.15) is 0 Å². The van der Waals surface area contributed by atoms with Gasteiger partial charge >= 0.3 is 0 Å². The van der Waals surface area contributed by atoms with E-state index in [0.717, 1.165) is 24.1 Å². The normalized spacial score (nSPS) is 14.1. The van der Waals surface area contributed by atoms with Crippen LogP contribution in [0.3, 0.4) is 0 Å². The van der Waals surface area contributed by atoms with E-state index < -0.39 is 0 Å². The molecule has 1 aromatic carbocycles. The molecule has 3 nitrogen and oxygen atoms in total. The molecule has 0 spiro atoms. The van der Waals surface area contributed by atoms with E-state index in [-0.39, 0.29) is 17.9 Å². The van der Waals surface area contributed by atoms with E-state index in [1.807, 2.05) is 31.3 Å². The molecular formula is C17H22FN3. The third-order valence-corrected chi connectivity index (χ3v) is 3.74. The molecule has 0 saturated carbocycles. The van der Waals surface area contributed by atoms with Crippen molar-refractivity contribution in [2.24, 2.45) is 5.73 Å². The Morgan fingerprint density at radius 2 is 1.76 bits per heavy atom. The second-order valence-electron chi connectivity index (χ2n) is 5.34. The summed E-state index contributed by atoms with van der Waals surface area (Å²) in [6.45, 7) is 2.81. The molecule has 2 aromatic rings. The Hall–Kier alpha value is -1.78. The van der Waals surface area contributed by atoms with Crippen LogP contribution in [0.1, 0.15) is 30.5 Å². The van der Waals surface area contributed by atoms with Gasteiger partial charge in [-0.25, -0.2) is 4.39 Å². The van der Waals surface area contributed by atoms with Gasteiger partial charge in [0.2, 0.25) is 0 Å². The maximum Gasteiger partial charge on any atom is 0.123 e. The number of benzene rings is 1. The number of nitrogens with two attached hydrogens (primary N) is 1. The minimum atomic E-state index is -0.211. The van der Waals surface area contributed by atoms with Gasteiger partial charge in [0.25, 0.3) is 0 Å². The first-order chi connectivity index (χ1) is 10.1. The van der Waals surface area contributed by atoms with E-state index >= 15 is 0 Å². The Balaban J connectivity index is 2.18. The van der Waals surface area contributed by atoms with E-state index in [4.69, 9.17) is 5.73 Å². The predicted octanol–water partition coefficient (Wildman–Crippen LogP) is 3.13. The highest BCUT2D eigenvalue weighted by atomic mass is 19.1. The van der Waals surface area contributed by atoms with Crippen molar-refractivity contribution in [3.8, 4) is 0 Å². The Bertz CT molecular complexity index is 542. The lowest BCUT2D eigenvalue weighted by Gasteiger charge is -2.32. The number of hydrogen-bond acceptors (Lipinski definition) is 3. The minimum Gasteiger partial charge on any atom is -0.326 e. The first-order valence-electron chi connectivity index (χ1n) is 7.22. The zero-order chi connectivity index (χ0) is 15.2. The standard InChI is InChI=1S/C17H22FN3/c1-3-16(19)17(14-8-10-20-11-9-14)21(2)12-13-4-6-15(18)7-5-13/h4-11,16-17H,3,12,19H2,1-2H3. The molecule has 0 aliphatic heterocycles. The minimum absolute atomic E-state index is 0.0397. The number of aromatic nitrogens is 1. The zero-order valence-electron chi connectivity index (χ0n) is 12.5. The number of hydrogen-bond donors (Lipinski definition) is 1. The van der Waals surface area contributed by atoms with Crippen LogP contribution in [-0.2, 0) is 6.54 Å². The van der Waals surface area contributed by atoms with Crippen molar-refractivity contribution in [1.82, 2.24) is 9.88 Å².